The molecular formula is C23H30O4. The maximum absolute atomic E-state index is 11.0. The second kappa shape index (κ2) is 12.3. The molecule has 0 atom stereocenters. The number of carbonyl (C=O) groups is 1. The predicted molar refractivity (Wildman–Crippen MR) is 108 cm³/mol. The van der Waals surface area contributed by atoms with Gasteiger partial charge in [0.05, 0.1) is 13.2 Å². The highest BCUT2D eigenvalue weighted by atomic mass is 16.5. The molecule has 2 aromatic rings. The molecular weight excluding hydrogens is 340 g/mol. The maximum Gasteiger partial charge on any atom is 0.308 e. The lowest BCUT2D eigenvalue weighted by Crippen LogP contribution is -2.04. The molecule has 0 N–H and O–H groups in total. The smallest absolute Gasteiger partial charge is 0.308 e. The van der Waals surface area contributed by atoms with E-state index in [1.165, 1.54) is 25.3 Å². The van der Waals surface area contributed by atoms with E-state index >= 15 is 0 Å². The Morgan fingerprint density at radius 1 is 0.778 bits per heavy atom. The van der Waals surface area contributed by atoms with Gasteiger partial charge in [-0.05, 0) is 55.0 Å². The number of hydrogen-bond donors (Lipinski definition) is 0. The number of ether oxygens (including phenoxy) is 3. The van der Waals surface area contributed by atoms with Gasteiger partial charge in [-0.15, -0.1) is 0 Å². The monoisotopic (exact) mass is 370 g/mol. The molecule has 2 aromatic carbocycles. The van der Waals surface area contributed by atoms with Gasteiger partial charge in [0.15, 0.2) is 0 Å². The van der Waals surface area contributed by atoms with Crippen LogP contribution in [-0.2, 0) is 20.7 Å². The van der Waals surface area contributed by atoms with Crippen LogP contribution < -0.4 is 4.74 Å². The van der Waals surface area contributed by atoms with E-state index in [2.05, 4.69) is 24.3 Å². The van der Waals surface area contributed by atoms with Gasteiger partial charge < -0.3 is 14.2 Å². The van der Waals surface area contributed by atoms with Gasteiger partial charge in [-0.2, -0.15) is 0 Å². The third-order valence-corrected chi connectivity index (χ3v) is 4.23. The molecule has 2 rings (SSSR count). The number of benzene rings is 2. The zero-order chi connectivity index (χ0) is 19.3. The number of rotatable bonds is 12. The van der Waals surface area contributed by atoms with Crippen LogP contribution in [0.5, 0.6) is 5.75 Å². The molecule has 0 radical (unpaired) electrons. The Kier molecular flexibility index (Phi) is 9.60. The van der Waals surface area contributed by atoms with E-state index in [-0.39, 0.29) is 5.97 Å². The largest absolute Gasteiger partial charge is 0.427 e. The van der Waals surface area contributed by atoms with Crippen LogP contribution in [0.15, 0.2) is 48.5 Å². The van der Waals surface area contributed by atoms with Crippen LogP contribution in [-0.4, -0.2) is 32.4 Å². The van der Waals surface area contributed by atoms with Crippen LogP contribution in [0.25, 0.3) is 11.1 Å². The average molecular weight is 370 g/mol. The van der Waals surface area contributed by atoms with Gasteiger partial charge in [0.25, 0.3) is 0 Å². The molecule has 0 aliphatic rings. The first-order valence-corrected chi connectivity index (χ1v) is 9.72. The minimum Gasteiger partial charge on any atom is -0.427 e. The lowest BCUT2D eigenvalue weighted by Gasteiger charge is -2.07. The Hall–Kier alpha value is -2.17. The molecule has 0 aromatic heterocycles. The third kappa shape index (κ3) is 8.37. The van der Waals surface area contributed by atoms with E-state index in [0.717, 1.165) is 37.2 Å². The lowest BCUT2D eigenvalue weighted by atomic mass is 10.0. The first-order chi connectivity index (χ1) is 13.2. The standard InChI is InChI=1S/C23H30O4/c1-3-25-17-18-26-16-6-4-5-7-20-8-10-21(11-9-20)22-12-14-23(15-13-22)27-19(2)24/h8-15H,3-7,16-18H2,1-2H3. The first-order valence-electron chi connectivity index (χ1n) is 9.72. The lowest BCUT2D eigenvalue weighted by molar-refractivity contribution is -0.131. The fourth-order valence-corrected chi connectivity index (χ4v) is 2.82. The summed E-state index contributed by atoms with van der Waals surface area (Å²) in [4.78, 5) is 11.0. The summed E-state index contributed by atoms with van der Waals surface area (Å²) in [5.41, 5.74) is 3.63. The van der Waals surface area contributed by atoms with Crippen LogP contribution in [0.4, 0.5) is 0 Å². The van der Waals surface area contributed by atoms with Crippen molar-refractivity contribution in [3.8, 4) is 16.9 Å². The maximum atomic E-state index is 11.0. The molecule has 27 heavy (non-hydrogen) atoms. The normalized spacial score (nSPS) is 10.7. The van der Waals surface area contributed by atoms with Gasteiger partial charge in [0, 0.05) is 20.1 Å². The number of unbranched alkanes of at least 4 members (excludes halogenated alkanes) is 2. The van der Waals surface area contributed by atoms with Crippen molar-refractivity contribution in [2.75, 3.05) is 26.4 Å². The minimum absolute atomic E-state index is 0.302. The molecule has 0 saturated heterocycles. The molecule has 4 heteroatoms. The number of esters is 1. The Bertz CT molecular complexity index is 662. The summed E-state index contributed by atoms with van der Waals surface area (Å²) in [5.74, 6) is 0.272. The molecule has 0 bridgehead atoms. The number of carbonyl (C=O) groups excluding carboxylic acids is 1. The van der Waals surface area contributed by atoms with Crippen LogP contribution in [0.2, 0.25) is 0 Å². The van der Waals surface area contributed by atoms with E-state index in [1.54, 1.807) is 0 Å². The van der Waals surface area contributed by atoms with Crippen LogP contribution >= 0.6 is 0 Å². The summed E-state index contributed by atoms with van der Waals surface area (Å²) >= 11 is 0. The third-order valence-electron chi connectivity index (χ3n) is 4.23. The van der Waals surface area contributed by atoms with Crippen molar-refractivity contribution in [3.63, 3.8) is 0 Å². The van der Waals surface area contributed by atoms with Crippen molar-refractivity contribution in [3.05, 3.63) is 54.1 Å². The highest BCUT2D eigenvalue weighted by Crippen LogP contribution is 2.23. The fourth-order valence-electron chi connectivity index (χ4n) is 2.82. The van der Waals surface area contributed by atoms with Crippen molar-refractivity contribution < 1.29 is 19.0 Å². The Morgan fingerprint density at radius 3 is 2.04 bits per heavy atom. The van der Waals surface area contributed by atoms with Gasteiger partial charge in [-0.25, -0.2) is 0 Å². The van der Waals surface area contributed by atoms with E-state index < -0.39 is 0 Å². The van der Waals surface area contributed by atoms with Crippen molar-refractivity contribution >= 4 is 5.97 Å². The van der Waals surface area contributed by atoms with E-state index in [9.17, 15) is 4.79 Å². The summed E-state index contributed by atoms with van der Waals surface area (Å²) in [6.45, 7) is 6.35. The molecule has 0 heterocycles. The molecule has 0 saturated carbocycles. The van der Waals surface area contributed by atoms with E-state index in [4.69, 9.17) is 14.2 Å². The Morgan fingerprint density at radius 2 is 1.41 bits per heavy atom. The zero-order valence-electron chi connectivity index (χ0n) is 16.4. The summed E-state index contributed by atoms with van der Waals surface area (Å²) in [6.07, 6.45) is 4.53. The SMILES string of the molecule is CCOCCOCCCCCc1ccc(-c2ccc(OC(C)=O)cc2)cc1. The second-order valence-corrected chi connectivity index (χ2v) is 6.43. The van der Waals surface area contributed by atoms with Crippen molar-refractivity contribution in [2.45, 2.75) is 39.5 Å². The summed E-state index contributed by atoms with van der Waals surface area (Å²) in [6, 6.07) is 16.3. The minimum atomic E-state index is -0.302. The van der Waals surface area contributed by atoms with Crippen molar-refractivity contribution in [1.82, 2.24) is 0 Å². The van der Waals surface area contributed by atoms with E-state index in [1.807, 2.05) is 31.2 Å². The van der Waals surface area contributed by atoms with Crippen LogP contribution in [0.3, 0.4) is 0 Å². The highest BCUT2D eigenvalue weighted by Gasteiger charge is 2.01. The molecule has 0 aliphatic carbocycles. The predicted octanol–water partition coefficient (Wildman–Crippen LogP) is 5.04. The fraction of sp³-hybridized carbons (Fsp3) is 0.435. The average Bonchev–Trinajstić information content (AvgIpc) is 2.67. The summed E-state index contributed by atoms with van der Waals surface area (Å²) in [5, 5.41) is 0. The Labute approximate surface area is 162 Å². The van der Waals surface area contributed by atoms with Gasteiger partial charge >= 0.3 is 5.97 Å². The van der Waals surface area contributed by atoms with Crippen LogP contribution in [0, 0.1) is 0 Å². The topological polar surface area (TPSA) is 44.8 Å². The van der Waals surface area contributed by atoms with Crippen molar-refractivity contribution in [1.29, 1.82) is 0 Å². The molecule has 0 fully saturated rings. The zero-order valence-corrected chi connectivity index (χ0v) is 16.4. The van der Waals surface area contributed by atoms with Crippen molar-refractivity contribution in [2.24, 2.45) is 0 Å². The van der Waals surface area contributed by atoms with Gasteiger partial charge in [0.1, 0.15) is 5.75 Å². The molecule has 0 aliphatic heterocycles. The Balaban J connectivity index is 1.68. The number of aryl methyl sites for hydroxylation is 1. The van der Waals surface area contributed by atoms with Gasteiger partial charge in [-0.3, -0.25) is 4.79 Å². The molecule has 146 valence electrons. The number of hydrogen-bond acceptors (Lipinski definition) is 4. The summed E-state index contributed by atoms with van der Waals surface area (Å²) in [7, 11) is 0. The molecule has 0 unspecified atom stereocenters. The molecule has 0 amide bonds. The summed E-state index contributed by atoms with van der Waals surface area (Å²) < 4.78 is 15.8. The quantitative estimate of drug-likeness (QED) is 0.298. The first kappa shape index (κ1) is 21.1. The van der Waals surface area contributed by atoms with Gasteiger partial charge in [0.2, 0.25) is 0 Å². The molecule has 0 spiro atoms. The van der Waals surface area contributed by atoms with Gasteiger partial charge in [-0.1, -0.05) is 42.8 Å². The second-order valence-electron chi connectivity index (χ2n) is 6.43. The van der Waals surface area contributed by atoms with E-state index in [0.29, 0.717) is 19.0 Å². The van der Waals surface area contributed by atoms with Crippen LogP contribution in [0.1, 0.15) is 38.7 Å². The molecule has 4 nitrogen and oxygen atoms in total. The highest BCUT2D eigenvalue weighted by molar-refractivity contribution is 5.70.